The highest BCUT2D eigenvalue weighted by Crippen LogP contribution is 2.21. The lowest BCUT2D eigenvalue weighted by Crippen LogP contribution is -2.26. The number of hydroxylamine groups is 1. The van der Waals surface area contributed by atoms with Gasteiger partial charge in [0.2, 0.25) is 0 Å². The van der Waals surface area contributed by atoms with Gasteiger partial charge in [0.15, 0.2) is 0 Å². The smallest absolute Gasteiger partial charge is 0.300 e. The minimum Gasteiger partial charge on any atom is -0.481 e. The molecule has 160 valence electrons. The van der Waals surface area contributed by atoms with E-state index in [4.69, 9.17) is 26.7 Å². The first kappa shape index (κ1) is 23.3. The summed E-state index contributed by atoms with van der Waals surface area (Å²) >= 11 is 6.23. The van der Waals surface area contributed by atoms with Crippen molar-refractivity contribution in [2.24, 2.45) is 0 Å². The van der Waals surface area contributed by atoms with Crippen LogP contribution in [-0.2, 0) is 16.1 Å². The lowest BCUT2D eigenvalue weighted by atomic mass is 10.2. The summed E-state index contributed by atoms with van der Waals surface area (Å²) in [7, 11) is 0. The molecule has 10 heteroatoms. The first-order valence-corrected chi connectivity index (χ1v) is 9.61. The topological polar surface area (TPSA) is 128 Å². The Bertz CT molecular complexity index is 872. The van der Waals surface area contributed by atoms with Gasteiger partial charge in [0, 0.05) is 43.7 Å². The number of rotatable bonds is 6. The molecular formula is C20H24ClN5O4. The molecule has 1 atom stereocenters. The highest BCUT2D eigenvalue weighted by molar-refractivity contribution is 6.31. The minimum atomic E-state index is -0.833. The molecule has 1 aromatic heterocycles. The van der Waals surface area contributed by atoms with Gasteiger partial charge in [0.25, 0.3) is 11.9 Å². The summed E-state index contributed by atoms with van der Waals surface area (Å²) in [5.74, 6) is -0.753. The number of carbonyl (C=O) groups excluding carboxylic acids is 1. The molecule has 2 aromatic rings. The van der Waals surface area contributed by atoms with Crippen molar-refractivity contribution >= 4 is 35.4 Å². The summed E-state index contributed by atoms with van der Waals surface area (Å²) in [5, 5.41) is 20.0. The molecule has 1 aliphatic rings. The van der Waals surface area contributed by atoms with Gasteiger partial charge in [-0.15, -0.1) is 0 Å². The van der Waals surface area contributed by atoms with E-state index in [1.54, 1.807) is 12.4 Å². The maximum absolute atomic E-state index is 10.9. The molecule has 0 radical (unpaired) electrons. The van der Waals surface area contributed by atoms with E-state index in [9.17, 15) is 4.79 Å². The molecule has 3 rings (SSSR count). The Kier molecular flexibility index (Phi) is 9.20. The summed E-state index contributed by atoms with van der Waals surface area (Å²) in [6.45, 7) is 3.82. The van der Waals surface area contributed by atoms with E-state index in [2.05, 4.69) is 26.3 Å². The van der Waals surface area contributed by atoms with Crippen molar-refractivity contribution < 1.29 is 19.9 Å². The average molecular weight is 434 g/mol. The molecule has 0 saturated carbocycles. The van der Waals surface area contributed by atoms with Crippen LogP contribution in [0.5, 0.6) is 0 Å². The number of anilines is 1. The number of carboxylic acids is 1. The minimum absolute atomic E-state index is 0.299. The Morgan fingerprint density at radius 2 is 2.03 bits per heavy atom. The number of carboxylic acid groups (broad SMARTS) is 1. The van der Waals surface area contributed by atoms with Crippen LogP contribution in [-0.4, -0.2) is 56.2 Å². The molecule has 0 bridgehead atoms. The molecular weight excluding hydrogens is 410 g/mol. The maximum Gasteiger partial charge on any atom is 0.300 e. The molecule has 0 spiro atoms. The van der Waals surface area contributed by atoms with Crippen molar-refractivity contribution in [2.75, 3.05) is 18.4 Å². The quantitative estimate of drug-likeness (QED) is 0.310. The maximum atomic E-state index is 10.9. The predicted molar refractivity (Wildman–Crippen MR) is 113 cm³/mol. The van der Waals surface area contributed by atoms with Crippen LogP contribution in [0, 0.1) is 0 Å². The van der Waals surface area contributed by atoms with Gasteiger partial charge in [0.05, 0.1) is 18.1 Å². The Morgan fingerprint density at radius 1 is 1.30 bits per heavy atom. The first-order chi connectivity index (χ1) is 14.4. The first-order valence-electron chi connectivity index (χ1n) is 9.23. The van der Waals surface area contributed by atoms with Crippen LogP contribution in [0.3, 0.4) is 0 Å². The summed E-state index contributed by atoms with van der Waals surface area (Å²) in [5.41, 5.74) is 3.19. The number of hydrogen-bond acceptors (Lipinski definition) is 7. The third-order valence-corrected chi connectivity index (χ3v) is 4.53. The van der Waals surface area contributed by atoms with Gasteiger partial charge < -0.3 is 10.4 Å². The van der Waals surface area contributed by atoms with E-state index in [1.807, 2.05) is 18.2 Å². The number of aliphatic carboxylic acids is 1. The number of aromatic nitrogens is 2. The van der Waals surface area contributed by atoms with E-state index < -0.39 is 11.9 Å². The third-order valence-electron chi connectivity index (χ3n) is 4.16. The fourth-order valence-electron chi connectivity index (χ4n) is 2.87. The van der Waals surface area contributed by atoms with Gasteiger partial charge in [-0.05, 0) is 24.1 Å². The zero-order valence-electron chi connectivity index (χ0n) is 16.5. The van der Waals surface area contributed by atoms with Gasteiger partial charge in [-0.25, -0.2) is 10.5 Å². The van der Waals surface area contributed by atoms with E-state index >= 15 is 0 Å². The molecule has 0 unspecified atom stereocenters. The molecule has 0 aliphatic carbocycles. The fraction of sp³-hybridized carbons (Fsp3) is 0.300. The lowest BCUT2D eigenvalue weighted by Gasteiger charge is -2.17. The summed E-state index contributed by atoms with van der Waals surface area (Å²) in [4.78, 5) is 30.8. The number of carbonyl (C=O) groups is 2. The van der Waals surface area contributed by atoms with Crippen molar-refractivity contribution in [1.29, 1.82) is 0 Å². The van der Waals surface area contributed by atoms with Crippen LogP contribution in [0.1, 0.15) is 24.6 Å². The van der Waals surface area contributed by atoms with Crippen molar-refractivity contribution in [3.8, 4) is 0 Å². The molecule has 1 saturated heterocycles. The van der Waals surface area contributed by atoms with Gasteiger partial charge in [-0.2, -0.15) is 0 Å². The number of likely N-dealkylation sites (tertiary alicyclic amines) is 1. The van der Waals surface area contributed by atoms with Crippen molar-refractivity contribution in [2.45, 2.75) is 25.9 Å². The van der Waals surface area contributed by atoms with Crippen LogP contribution in [0.25, 0.3) is 6.08 Å². The van der Waals surface area contributed by atoms with E-state index in [-0.39, 0.29) is 0 Å². The van der Waals surface area contributed by atoms with Crippen LogP contribution >= 0.6 is 11.6 Å². The molecule has 1 aromatic carbocycles. The fourth-order valence-corrected chi connectivity index (χ4v) is 3.06. The molecule has 9 nitrogen and oxygen atoms in total. The molecule has 30 heavy (non-hydrogen) atoms. The van der Waals surface area contributed by atoms with Gasteiger partial charge in [0.1, 0.15) is 5.82 Å². The number of hydrogen-bond donors (Lipinski definition) is 4. The summed E-state index contributed by atoms with van der Waals surface area (Å²) < 4.78 is 0. The zero-order chi connectivity index (χ0) is 21.9. The standard InChI is InChI=1S/C18H20ClN5O2.C2H4O2/c19-16-4-2-1-3-13(16)11-24-8-7-15(12-24)22-17-10-20-14(9-21-17)5-6-18(25)23-26;1-2(3)4/h1-6,9-10,15,26H,7-8,11-12H2,(H,21,22)(H,23,25);1H3,(H,3,4)/t15-;/m1./s1. The number of nitrogens with zero attached hydrogens (tertiary/aromatic N) is 3. The monoisotopic (exact) mass is 433 g/mol. The lowest BCUT2D eigenvalue weighted by molar-refractivity contribution is -0.134. The molecule has 1 aliphatic heterocycles. The summed E-state index contributed by atoms with van der Waals surface area (Å²) in [6, 6.07) is 8.21. The highest BCUT2D eigenvalue weighted by Gasteiger charge is 2.23. The van der Waals surface area contributed by atoms with E-state index in [0.29, 0.717) is 17.6 Å². The Labute approximate surface area is 179 Å². The average Bonchev–Trinajstić information content (AvgIpc) is 3.15. The van der Waals surface area contributed by atoms with E-state index in [0.717, 1.165) is 43.6 Å². The Balaban J connectivity index is 0.000000735. The van der Waals surface area contributed by atoms with Gasteiger partial charge >= 0.3 is 0 Å². The number of amides is 1. The van der Waals surface area contributed by atoms with Crippen LogP contribution in [0.15, 0.2) is 42.7 Å². The van der Waals surface area contributed by atoms with Gasteiger partial charge in [-0.1, -0.05) is 29.8 Å². The van der Waals surface area contributed by atoms with Gasteiger partial charge in [-0.3, -0.25) is 24.7 Å². The Morgan fingerprint density at radius 3 is 2.67 bits per heavy atom. The third kappa shape index (κ3) is 8.16. The predicted octanol–water partition coefficient (Wildman–Crippen LogP) is 2.43. The highest BCUT2D eigenvalue weighted by atomic mass is 35.5. The Hall–Kier alpha value is -3.01. The van der Waals surface area contributed by atoms with Crippen molar-refractivity contribution in [3.05, 3.63) is 59.0 Å². The zero-order valence-corrected chi connectivity index (χ0v) is 17.2. The van der Waals surface area contributed by atoms with Crippen LogP contribution in [0.4, 0.5) is 5.82 Å². The normalized spacial score (nSPS) is 16.0. The van der Waals surface area contributed by atoms with Crippen molar-refractivity contribution in [3.63, 3.8) is 0 Å². The second-order valence-electron chi connectivity index (χ2n) is 6.61. The SMILES string of the molecule is CC(=O)O.O=C(C=Cc1cnc(N[C@@H]2CCN(Cc3ccccc3Cl)C2)cn1)NO. The summed E-state index contributed by atoms with van der Waals surface area (Å²) in [6.07, 6.45) is 6.88. The number of halogens is 1. The molecule has 4 N–H and O–H groups in total. The van der Waals surface area contributed by atoms with Crippen molar-refractivity contribution in [1.82, 2.24) is 20.3 Å². The van der Waals surface area contributed by atoms with Crippen LogP contribution < -0.4 is 10.8 Å². The largest absolute Gasteiger partial charge is 0.481 e. The van der Waals surface area contributed by atoms with E-state index in [1.165, 1.54) is 17.6 Å². The van der Waals surface area contributed by atoms with Crippen LogP contribution in [0.2, 0.25) is 5.02 Å². The molecule has 1 fully saturated rings. The number of nitrogens with one attached hydrogen (secondary N) is 2. The second kappa shape index (κ2) is 11.9. The second-order valence-corrected chi connectivity index (χ2v) is 7.02. The molecule has 2 heterocycles. The number of benzene rings is 1. The molecule has 1 amide bonds.